The molecule has 1 N–H and O–H groups in total. The molecule has 1 saturated carbocycles. The Kier molecular flexibility index (Phi) is 9.61. The zero-order valence-electron chi connectivity index (χ0n) is 27.4. The van der Waals surface area contributed by atoms with Gasteiger partial charge in [0.1, 0.15) is 17.3 Å². The van der Waals surface area contributed by atoms with Gasteiger partial charge in [-0.2, -0.15) is 0 Å². The van der Waals surface area contributed by atoms with Crippen LogP contribution < -0.4 is 4.74 Å². The maximum atomic E-state index is 13.3. The van der Waals surface area contributed by atoms with Crippen LogP contribution in [-0.4, -0.2) is 54.3 Å². The number of hydrogen-bond donors (Lipinski definition) is 1. The Morgan fingerprint density at radius 3 is 2.51 bits per heavy atom. The van der Waals surface area contributed by atoms with Crippen LogP contribution in [0, 0.1) is 11.3 Å². The molecule has 1 unspecified atom stereocenters. The average Bonchev–Trinajstić information content (AvgIpc) is 3.23. The summed E-state index contributed by atoms with van der Waals surface area (Å²) in [4.78, 5) is 30.7. The summed E-state index contributed by atoms with van der Waals surface area (Å²) in [6.07, 6.45) is 9.30. The largest absolute Gasteiger partial charge is 0.497 e. The molecule has 1 atom stereocenters. The van der Waals surface area contributed by atoms with Gasteiger partial charge < -0.3 is 24.2 Å². The highest BCUT2D eigenvalue weighted by atomic mass is 16.6. The fraction of sp³-hybridized carbons (Fsp3) is 0.459. The van der Waals surface area contributed by atoms with Gasteiger partial charge in [-0.25, -0.2) is 4.79 Å². The molecule has 1 fully saturated rings. The second kappa shape index (κ2) is 13.4. The molecule has 0 amide bonds. The summed E-state index contributed by atoms with van der Waals surface area (Å²) in [5.74, 6) is -0.738. The van der Waals surface area contributed by atoms with Crippen LogP contribution in [-0.2, 0) is 20.8 Å². The first-order valence-electron chi connectivity index (χ1n) is 16.1. The zero-order valence-corrected chi connectivity index (χ0v) is 27.4. The van der Waals surface area contributed by atoms with Gasteiger partial charge in [0, 0.05) is 29.2 Å². The fourth-order valence-electron chi connectivity index (χ4n) is 6.56. The van der Waals surface area contributed by atoms with E-state index in [-0.39, 0.29) is 18.3 Å². The molecule has 1 aliphatic heterocycles. The number of carbonyl (C=O) groups excluding carboxylic acids is 2. The summed E-state index contributed by atoms with van der Waals surface area (Å²) in [6.45, 7) is 10.3. The van der Waals surface area contributed by atoms with Crippen molar-refractivity contribution in [2.45, 2.75) is 84.8 Å². The van der Waals surface area contributed by atoms with Gasteiger partial charge in [-0.1, -0.05) is 25.3 Å². The van der Waals surface area contributed by atoms with Crippen LogP contribution in [0.1, 0.15) is 94.1 Å². The van der Waals surface area contributed by atoms with Crippen LogP contribution in [0.15, 0.2) is 47.0 Å². The summed E-state index contributed by atoms with van der Waals surface area (Å²) in [5, 5.41) is 10.5. The molecule has 0 spiro atoms. The van der Waals surface area contributed by atoms with Crippen molar-refractivity contribution in [2.75, 3.05) is 20.3 Å². The first-order chi connectivity index (χ1) is 21.6. The zero-order chi connectivity index (χ0) is 32.3. The molecule has 2 aliphatic rings. The molecular formula is C37H45N3O5. The van der Waals surface area contributed by atoms with Crippen LogP contribution >= 0.6 is 0 Å². The second-order valence-electron chi connectivity index (χ2n) is 12.8. The van der Waals surface area contributed by atoms with Gasteiger partial charge in [-0.05, 0) is 106 Å². The average molecular weight is 612 g/mol. The van der Waals surface area contributed by atoms with Crippen molar-refractivity contribution in [3.8, 4) is 17.0 Å². The first kappa shape index (κ1) is 32.2. The Hall–Kier alpha value is -4.20. The molecule has 8 heteroatoms. The standard InChI is InChI=1S/C37H45N3O5/c1-7-39-21-30(36(42)44-8-2)33(38)26-18-25-19-27(43-6)15-17-28(25)34-32(23-12-10-9-11-13-23)29-16-14-24(20-31(29)40(34)22-26)35(41)45-37(3,4)5/h14-21,23,30,38H,7-13,22H2,1-6H3. The van der Waals surface area contributed by atoms with Gasteiger partial charge >= 0.3 is 11.9 Å². The van der Waals surface area contributed by atoms with Crippen LogP contribution in [0.4, 0.5) is 0 Å². The molecule has 45 heavy (non-hydrogen) atoms. The highest BCUT2D eigenvalue weighted by Crippen LogP contribution is 2.47. The Labute approximate surface area is 266 Å². The third kappa shape index (κ3) is 6.75. The van der Waals surface area contributed by atoms with E-state index in [9.17, 15) is 15.0 Å². The fourth-order valence-corrected chi connectivity index (χ4v) is 6.56. The normalized spacial score (nSPS) is 16.0. The SMILES string of the molecule is CCN=CC(C(=N)C1=Cc2cc(OC)ccc2-c2c(C3CCCCC3)c3ccc(C(=O)OC(C)(C)C)cc3n2C1)C(=O)OCC. The van der Waals surface area contributed by atoms with Crippen LogP contribution in [0.2, 0.25) is 0 Å². The Balaban J connectivity index is 1.76. The lowest BCUT2D eigenvalue weighted by Gasteiger charge is -2.24. The molecule has 1 aliphatic carbocycles. The summed E-state index contributed by atoms with van der Waals surface area (Å²) >= 11 is 0. The smallest absolute Gasteiger partial charge is 0.338 e. The number of nitrogens with zero attached hydrogens (tertiary/aromatic N) is 2. The molecule has 5 rings (SSSR count). The lowest BCUT2D eigenvalue weighted by Crippen LogP contribution is -2.29. The van der Waals surface area contributed by atoms with Crippen molar-refractivity contribution < 1.29 is 23.8 Å². The number of carbonyl (C=O) groups is 2. The first-order valence-corrected chi connectivity index (χ1v) is 16.1. The van der Waals surface area contributed by atoms with Crippen molar-refractivity contribution in [2.24, 2.45) is 10.9 Å². The molecule has 2 aromatic carbocycles. The Bertz CT molecular complexity index is 1670. The van der Waals surface area contributed by atoms with Crippen molar-refractivity contribution in [3.05, 3.63) is 58.7 Å². The van der Waals surface area contributed by atoms with E-state index in [0.717, 1.165) is 40.6 Å². The van der Waals surface area contributed by atoms with Crippen molar-refractivity contribution in [1.29, 1.82) is 5.41 Å². The van der Waals surface area contributed by atoms with Gasteiger partial charge in [0.2, 0.25) is 0 Å². The predicted octanol–water partition coefficient (Wildman–Crippen LogP) is 8.01. The number of methoxy groups -OCH3 is 1. The number of hydrogen-bond acceptors (Lipinski definition) is 7. The number of fused-ring (bicyclic) bond motifs is 5. The minimum atomic E-state index is -0.941. The minimum Gasteiger partial charge on any atom is -0.497 e. The monoisotopic (exact) mass is 611 g/mol. The summed E-state index contributed by atoms with van der Waals surface area (Å²) < 4.78 is 19.0. The van der Waals surface area contributed by atoms with E-state index in [1.54, 1.807) is 14.0 Å². The lowest BCUT2D eigenvalue weighted by atomic mass is 9.81. The third-order valence-electron chi connectivity index (χ3n) is 8.56. The van der Waals surface area contributed by atoms with Gasteiger partial charge in [-0.3, -0.25) is 9.79 Å². The van der Waals surface area contributed by atoms with Gasteiger partial charge in [0.05, 0.1) is 37.2 Å². The molecule has 3 aromatic rings. The number of esters is 2. The van der Waals surface area contributed by atoms with Crippen LogP contribution in [0.3, 0.4) is 0 Å². The summed E-state index contributed by atoms with van der Waals surface area (Å²) in [6, 6.07) is 11.9. The van der Waals surface area contributed by atoms with E-state index in [1.807, 2.05) is 58.0 Å². The number of allylic oxidation sites excluding steroid dienone is 1. The van der Waals surface area contributed by atoms with E-state index >= 15 is 0 Å². The molecule has 0 bridgehead atoms. The molecule has 8 nitrogen and oxygen atoms in total. The van der Waals surface area contributed by atoms with Crippen molar-refractivity contribution in [3.63, 3.8) is 0 Å². The van der Waals surface area contributed by atoms with Gasteiger partial charge in [0.15, 0.2) is 0 Å². The number of rotatable bonds is 9. The number of ether oxygens (including phenoxy) is 3. The highest BCUT2D eigenvalue weighted by molar-refractivity contribution is 6.21. The van der Waals surface area contributed by atoms with E-state index in [0.29, 0.717) is 35.9 Å². The second-order valence-corrected chi connectivity index (χ2v) is 12.8. The molecular weight excluding hydrogens is 566 g/mol. The van der Waals surface area contributed by atoms with E-state index < -0.39 is 17.5 Å². The quantitative estimate of drug-likeness (QED) is 0.195. The van der Waals surface area contributed by atoms with Gasteiger partial charge in [-0.15, -0.1) is 0 Å². The number of benzene rings is 2. The number of nitrogens with one attached hydrogen (secondary N) is 1. The Morgan fingerprint density at radius 1 is 1.09 bits per heavy atom. The summed E-state index contributed by atoms with van der Waals surface area (Å²) in [5.41, 5.74) is 5.88. The highest BCUT2D eigenvalue weighted by Gasteiger charge is 2.33. The Morgan fingerprint density at radius 2 is 1.84 bits per heavy atom. The molecule has 0 saturated heterocycles. The minimum absolute atomic E-state index is 0.136. The summed E-state index contributed by atoms with van der Waals surface area (Å²) in [7, 11) is 1.64. The van der Waals surface area contributed by atoms with Gasteiger partial charge in [0.25, 0.3) is 0 Å². The van der Waals surface area contributed by atoms with Crippen molar-refractivity contribution >= 4 is 40.8 Å². The van der Waals surface area contributed by atoms with Crippen molar-refractivity contribution in [1.82, 2.24) is 4.57 Å². The van der Waals surface area contributed by atoms with E-state index in [1.165, 1.54) is 31.0 Å². The molecule has 0 radical (unpaired) electrons. The lowest BCUT2D eigenvalue weighted by molar-refractivity contribution is -0.143. The predicted molar refractivity (Wildman–Crippen MR) is 180 cm³/mol. The van der Waals surface area contributed by atoms with E-state index in [2.05, 4.69) is 21.7 Å². The molecule has 2 heterocycles. The third-order valence-corrected chi connectivity index (χ3v) is 8.56. The number of aliphatic imine (C=N–C) groups is 1. The van der Waals surface area contributed by atoms with Crippen LogP contribution in [0.25, 0.3) is 28.2 Å². The van der Waals surface area contributed by atoms with E-state index in [4.69, 9.17) is 14.2 Å². The maximum absolute atomic E-state index is 13.3. The topological polar surface area (TPSA) is 103 Å². The maximum Gasteiger partial charge on any atom is 0.338 e. The molecule has 1 aromatic heterocycles. The number of aromatic nitrogens is 1. The molecule has 238 valence electrons. The van der Waals surface area contributed by atoms with Crippen LogP contribution in [0.5, 0.6) is 5.75 Å².